The number of carbonyl (C=O) groups excluding carboxylic acids is 1. The third-order valence-electron chi connectivity index (χ3n) is 4.39. The van der Waals surface area contributed by atoms with E-state index in [-0.39, 0.29) is 4.90 Å². The number of benzene rings is 2. The summed E-state index contributed by atoms with van der Waals surface area (Å²) < 4.78 is 38.5. The van der Waals surface area contributed by atoms with Gasteiger partial charge < -0.3 is 14.9 Å². The van der Waals surface area contributed by atoms with Gasteiger partial charge in [-0.1, -0.05) is 24.6 Å². The van der Waals surface area contributed by atoms with Gasteiger partial charge in [-0.25, -0.2) is 8.42 Å². The van der Waals surface area contributed by atoms with Crippen LogP contribution in [0.4, 0.5) is 0 Å². The van der Waals surface area contributed by atoms with Crippen molar-refractivity contribution in [3.8, 4) is 0 Å². The molecule has 2 aromatic carbocycles. The van der Waals surface area contributed by atoms with Crippen molar-refractivity contribution in [3.63, 3.8) is 0 Å². The van der Waals surface area contributed by atoms with E-state index in [1.165, 1.54) is 13.2 Å². The summed E-state index contributed by atoms with van der Waals surface area (Å²) in [5, 5.41) is 1.53. The molecule has 27 heavy (non-hydrogen) atoms. The summed E-state index contributed by atoms with van der Waals surface area (Å²) in [4.78, 5) is 12.0. The number of nitrogens with one attached hydrogen (secondary N) is 1. The Morgan fingerprint density at radius 1 is 1.15 bits per heavy atom. The van der Waals surface area contributed by atoms with Crippen LogP contribution in [0.3, 0.4) is 0 Å². The summed E-state index contributed by atoms with van der Waals surface area (Å²) in [6, 6.07) is 11.1. The topological polar surface area (TPSA) is 112 Å². The lowest BCUT2D eigenvalue weighted by molar-refractivity contribution is -0.142. The van der Waals surface area contributed by atoms with Gasteiger partial charge in [0.05, 0.1) is 12.0 Å². The monoisotopic (exact) mass is 390 g/mol. The van der Waals surface area contributed by atoms with Gasteiger partial charge >= 0.3 is 5.97 Å². The van der Waals surface area contributed by atoms with Crippen molar-refractivity contribution in [2.45, 2.75) is 30.2 Å². The minimum absolute atomic E-state index is 0.0641. The second-order valence-electron chi connectivity index (χ2n) is 6.24. The van der Waals surface area contributed by atoms with E-state index in [0.29, 0.717) is 42.4 Å². The number of para-hydroxylation sites is 1. The number of fused-ring (bicyclic) bond motifs is 3. The van der Waals surface area contributed by atoms with E-state index in [1.807, 2.05) is 24.3 Å². The van der Waals surface area contributed by atoms with Crippen molar-refractivity contribution < 1.29 is 22.4 Å². The van der Waals surface area contributed by atoms with Gasteiger partial charge in [-0.2, -0.15) is 4.72 Å². The molecule has 144 valence electrons. The van der Waals surface area contributed by atoms with E-state index in [1.54, 1.807) is 12.1 Å². The number of rotatable bonds is 8. The summed E-state index contributed by atoms with van der Waals surface area (Å²) in [7, 11) is -2.68. The highest BCUT2D eigenvalue weighted by atomic mass is 32.2. The van der Waals surface area contributed by atoms with Crippen molar-refractivity contribution in [2.24, 2.45) is 5.73 Å². The summed E-state index contributed by atoms with van der Waals surface area (Å²) in [6.45, 7) is 0.477. The number of ether oxygens (including phenoxy) is 1. The maximum Gasteiger partial charge on any atom is 0.323 e. The molecule has 3 N–H and O–H groups in total. The lowest BCUT2D eigenvalue weighted by Crippen LogP contribution is -2.41. The van der Waals surface area contributed by atoms with Crippen molar-refractivity contribution in [1.82, 2.24) is 4.72 Å². The minimum Gasteiger partial charge on any atom is -0.468 e. The fourth-order valence-electron chi connectivity index (χ4n) is 2.99. The summed E-state index contributed by atoms with van der Waals surface area (Å²) in [5.41, 5.74) is 6.75. The van der Waals surface area contributed by atoms with E-state index in [2.05, 4.69) is 4.72 Å². The fraction of sp³-hybridized carbons (Fsp3) is 0.316. The number of sulfonamides is 1. The van der Waals surface area contributed by atoms with Gasteiger partial charge in [0, 0.05) is 10.8 Å². The van der Waals surface area contributed by atoms with E-state index in [0.717, 1.165) is 5.39 Å². The zero-order valence-electron chi connectivity index (χ0n) is 15.0. The van der Waals surface area contributed by atoms with Crippen molar-refractivity contribution in [3.05, 3.63) is 42.5 Å². The molecule has 0 radical (unpaired) electrons. The Kier molecular flexibility index (Phi) is 5.79. The molecule has 1 unspecified atom stereocenters. The third-order valence-corrected chi connectivity index (χ3v) is 5.86. The molecule has 0 aliphatic rings. The van der Waals surface area contributed by atoms with Crippen LogP contribution in [0.2, 0.25) is 0 Å². The fourth-order valence-corrected chi connectivity index (χ4v) is 4.23. The predicted octanol–water partition coefficient (Wildman–Crippen LogP) is 2.53. The number of unbranched alkanes of at least 4 members (excludes halogenated alkanes) is 1. The van der Waals surface area contributed by atoms with Gasteiger partial charge in [-0.3, -0.25) is 4.79 Å². The third kappa shape index (κ3) is 4.13. The maximum atomic E-state index is 12.8. The standard InChI is InChI=1S/C19H22N2O5S/c1-25-19(22)16(7-4-5-11-20)21-27(23,24)13-9-10-18-15(12-13)14-6-2-3-8-17(14)26-18/h2-3,6,8-10,12,16,21H,4-5,7,11,20H2,1H3. The number of carbonyl (C=O) groups is 1. The lowest BCUT2D eigenvalue weighted by Gasteiger charge is -2.16. The molecule has 3 rings (SSSR count). The largest absolute Gasteiger partial charge is 0.468 e. The molecule has 0 saturated carbocycles. The normalized spacial score (nSPS) is 13.1. The average Bonchev–Trinajstić information content (AvgIpc) is 3.04. The molecule has 1 aromatic heterocycles. The molecule has 3 aromatic rings. The number of hydrogen-bond donors (Lipinski definition) is 2. The highest BCUT2D eigenvalue weighted by Crippen LogP contribution is 2.30. The molecule has 0 bridgehead atoms. The van der Waals surface area contributed by atoms with Crippen LogP contribution in [0.15, 0.2) is 51.8 Å². The number of furan rings is 1. The van der Waals surface area contributed by atoms with Crippen LogP contribution in [-0.4, -0.2) is 34.1 Å². The Labute approximate surface area is 157 Å². The van der Waals surface area contributed by atoms with Crippen LogP contribution in [0, 0.1) is 0 Å². The Hall–Kier alpha value is -2.42. The van der Waals surface area contributed by atoms with Crippen LogP contribution in [-0.2, 0) is 19.6 Å². The highest BCUT2D eigenvalue weighted by Gasteiger charge is 2.26. The molecule has 8 heteroatoms. The highest BCUT2D eigenvalue weighted by molar-refractivity contribution is 7.89. The Bertz CT molecular complexity index is 1060. The van der Waals surface area contributed by atoms with Gasteiger partial charge in [0.25, 0.3) is 0 Å². The second-order valence-corrected chi connectivity index (χ2v) is 7.95. The molecular formula is C19H22N2O5S. The lowest BCUT2D eigenvalue weighted by atomic mass is 10.1. The minimum atomic E-state index is -3.91. The molecule has 0 fully saturated rings. The predicted molar refractivity (Wildman–Crippen MR) is 103 cm³/mol. The second kappa shape index (κ2) is 8.08. The average molecular weight is 390 g/mol. The first kappa shape index (κ1) is 19.3. The quantitative estimate of drug-likeness (QED) is 0.452. The van der Waals surface area contributed by atoms with E-state index < -0.39 is 22.0 Å². The molecule has 0 saturated heterocycles. The van der Waals surface area contributed by atoms with Crippen molar-refractivity contribution in [1.29, 1.82) is 0 Å². The Balaban J connectivity index is 1.92. The van der Waals surface area contributed by atoms with E-state index in [4.69, 9.17) is 14.9 Å². The molecule has 0 aliphatic carbocycles. The van der Waals surface area contributed by atoms with Crippen LogP contribution in [0.5, 0.6) is 0 Å². The molecule has 0 amide bonds. The smallest absolute Gasteiger partial charge is 0.323 e. The van der Waals surface area contributed by atoms with Crippen molar-refractivity contribution >= 4 is 37.9 Å². The zero-order valence-corrected chi connectivity index (χ0v) is 15.8. The molecule has 1 atom stereocenters. The number of hydrogen-bond acceptors (Lipinski definition) is 6. The summed E-state index contributed by atoms with van der Waals surface area (Å²) in [5.74, 6) is -0.620. The number of nitrogens with two attached hydrogens (primary N) is 1. The van der Waals surface area contributed by atoms with Gasteiger partial charge in [-0.15, -0.1) is 0 Å². The van der Waals surface area contributed by atoms with E-state index >= 15 is 0 Å². The van der Waals surface area contributed by atoms with Gasteiger partial charge in [0.15, 0.2) is 0 Å². The molecule has 7 nitrogen and oxygen atoms in total. The van der Waals surface area contributed by atoms with Crippen molar-refractivity contribution in [2.75, 3.05) is 13.7 Å². The first-order valence-electron chi connectivity index (χ1n) is 8.68. The zero-order chi connectivity index (χ0) is 19.4. The summed E-state index contributed by atoms with van der Waals surface area (Å²) in [6.07, 6.45) is 1.63. The van der Waals surface area contributed by atoms with E-state index in [9.17, 15) is 13.2 Å². The maximum absolute atomic E-state index is 12.8. The summed E-state index contributed by atoms with van der Waals surface area (Å²) >= 11 is 0. The van der Waals surface area contributed by atoms with Crippen LogP contribution >= 0.6 is 0 Å². The Morgan fingerprint density at radius 3 is 2.63 bits per heavy atom. The SMILES string of the molecule is COC(=O)C(CCCCN)NS(=O)(=O)c1ccc2oc3ccccc3c2c1. The van der Waals surface area contributed by atoms with Crippen LogP contribution in [0.1, 0.15) is 19.3 Å². The van der Waals surface area contributed by atoms with Gasteiger partial charge in [0.1, 0.15) is 17.2 Å². The molecule has 0 aliphatic heterocycles. The molecular weight excluding hydrogens is 368 g/mol. The Morgan fingerprint density at radius 2 is 1.89 bits per heavy atom. The first-order valence-corrected chi connectivity index (χ1v) is 10.2. The first-order chi connectivity index (χ1) is 13.0. The molecule has 1 heterocycles. The van der Waals surface area contributed by atoms with Crippen LogP contribution in [0.25, 0.3) is 21.9 Å². The van der Waals surface area contributed by atoms with Crippen LogP contribution < -0.4 is 10.5 Å². The van der Waals surface area contributed by atoms with Gasteiger partial charge in [-0.05, 0) is 43.7 Å². The van der Waals surface area contributed by atoms with Gasteiger partial charge in [0.2, 0.25) is 10.0 Å². The number of methoxy groups -OCH3 is 1. The molecule has 0 spiro atoms. The number of esters is 1.